The van der Waals surface area contributed by atoms with Gasteiger partial charge in [-0.3, -0.25) is 14.8 Å². The fraction of sp³-hybridized carbons (Fsp3) is 0.100. The van der Waals surface area contributed by atoms with Gasteiger partial charge < -0.3 is 4.74 Å². The predicted molar refractivity (Wildman–Crippen MR) is 69.1 cm³/mol. The molecular formula is C10H7BrClN3O3. The Morgan fingerprint density at radius 2 is 2.28 bits per heavy atom. The quantitative estimate of drug-likeness (QED) is 0.637. The molecule has 0 N–H and O–H groups in total. The van der Waals surface area contributed by atoms with E-state index >= 15 is 0 Å². The van der Waals surface area contributed by atoms with Crippen molar-refractivity contribution in [3.8, 4) is 11.6 Å². The lowest BCUT2D eigenvalue weighted by molar-refractivity contribution is -0.385. The van der Waals surface area contributed by atoms with Crippen LogP contribution in [0.1, 0.15) is 0 Å². The molecule has 6 nitrogen and oxygen atoms in total. The zero-order chi connectivity index (χ0) is 13.3. The normalized spacial score (nSPS) is 10.4. The van der Waals surface area contributed by atoms with E-state index in [0.717, 1.165) is 4.47 Å². The molecule has 0 aliphatic heterocycles. The first-order chi connectivity index (χ1) is 8.47. The molecule has 0 aliphatic rings. The Balaban J connectivity index is 2.39. The van der Waals surface area contributed by atoms with Gasteiger partial charge in [-0.05, 0) is 18.2 Å². The summed E-state index contributed by atoms with van der Waals surface area (Å²) in [4.78, 5) is 10.2. The SMILES string of the molecule is Cn1cc([N+](=O)[O-])c(Oc2cc(Br)ccc2Cl)n1. The van der Waals surface area contributed by atoms with Crippen LogP contribution < -0.4 is 4.74 Å². The van der Waals surface area contributed by atoms with Crippen molar-refractivity contribution in [2.75, 3.05) is 0 Å². The highest BCUT2D eigenvalue weighted by molar-refractivity contribution is 9.10. The average Bonchev–Trinajstić information content (AvgIpc) is 2.65. The summed E-state index contributed by atoms with van der Waals surface area (Å²) < 4.78 is 7.42. The first kappa shape index (κ1) is 12.8. The van der Waals surface area contributed by atoms with Crippen molar-refractivity contribution in [3.63, 3.8) is 0 Å². The third-order valence-electron chi connectivity index (χ3n) is 2.07. The minimum Gasteiger partial charge on any atom is -0.431 e. The second kappa shape index (κ2) is 4.95. The first-order valence-corrected chi connectivity index (χ1v) is 5.95. The van der Waals surface area contributed by atoms with E-state index in [1.807, 2.05) is 0 Å². The maximum atomic E-state index is 10.8. The number of aromatic nitrogens is 2. The van der Waals surface area contributed by atoms with E-state index in [1.165, 1.54) is 10.9 Å². The van der Waals surface area contributed by atoms with Crippen molar-refractivity contribution in [2.45, 2.75) is 0 Å². The highest BCUT2D eigenvalue weighted by atomic mass is 79.9. The molecule has 94 valence electrons. The summed E-state index contributed by atoms with van der Waals surface area (Å²) in [5.74, 6) is 0.204. The van der Waals surface area contributed by atoms with Gasteiger partial charge in [0.2, 0.25) is 0 Å². The Kier molecular flexibility index (Phi) is 3.53. The molecule has 0 atom stereocenters. The molecule has 0 saturated carbocycles. The number of hydrogen-bond donors (Lipinski definition) is 0. The second-order valence-electron chi connectivity index (χ2n) is 3.43. The Bertz CT molecular complexity index is 614. The van der Waals surface area contributed by atoms with Crippen molar-refractivity contribution in [2.24, 2.45) is 7.05 Å². The van der Waals surface area contributed by atoms with Crippen LogP contribution in [0.25, 0.3) is 0 Å². The molecule has 0 bridgehead atoms. The van der Waals surface area contributed by atoms with Gasteiger partial charge in [0, 0.05) is 11.5 Å². The topological polar surface area (TPSA) is 70.2 Å². The van der Waals surface area contributed by atoms with Gasteiger partial charge >= 0.3 is 11.6 Å². The maximum Gasteiger partial charge on any atom is 0.350 e. The minimum absolute atomic E-state index is 0.0949. The lowest BCUT2D eigenvalue weighted by atomic mass is 10.3. The Morgan fingerprint density at radius 1 is 1.56 bits per heavy atom. The van der Waals surface area contributed by atoms with Crippen LogP contribution in [0.4, 0.5) is 5.69 Å². The van der Waals surface area contributed by atoms with Crippen LogP contribution >= 0.6 is 27.5 Å². The number of benzene rings is 1. The summed E-state index contributed by atoms with van der Waals surface area (Å²) in [5.41, 5.74) is -0.214. The molecule has 0 radical (unpaired) electrons. The van der Waals surface area contributed by atoms with E-state index in [2.05, 4.69) is 21.0 Å². The monoisotopic (exact) mass is 331 g/mol. The molecular weight excluding hydrogens is 325 g/mol. The summed E-state index contributed by atoms with van der Waals surface area (Å²) in [6, 6.07) is 4.97. The highest BCUT2D eigenvalue weighted by Crippen LogP contribution is 2.35. The summed E-state index contributed by atoms with van der Waals surface area (Å²) in [6.07, 6.45) is 1.27. The molecule has 2 rings (SSSR count). The van der Waals surface area contributed by atoms with Gasteiger partial charge in [-0.25, -0.2) is 0 Å². The van der Waals surface area contributed by atoms with Gasteiger partial charge in [-0.2, -0.15) is 0 Å². The van der Waals surface area contributed by atoms with Gasteiger partial charge in [-0.1, -0.05) is 27.5 Å². The fourth-order valence-electron chi connectivity index (χ4n) is 1.31. The van der Waals surface area contributed by atoms with E-state index in [4.69, 9.17) is 16.3 Å². The Labute approximate surface area is 115 Å². The Hall–Kier alpha value is -1.60. The molecule has 0 unspecified atom stereocenters. The van der Waals surface area contributed by atoms with Crippen LogP contribution in [0.15, 0.2) is 28.9 Å². The maximum absolute atomic E-state index is 10.8. The second-order valence-corrected chi connectivity index (χ2v) is 4.75. The molecule has 8 heteroatoms. The van der Waals surface area contributed by atoms with E-state index in [0.29, 0.717) is 10.8 Å². The zero-order valence-corrected chi connectivity index (χ0v) is 11.5. The molecule has 18 heavy (non-hydrogen) atoms. The van der Waals surface area contributed by atoms with Crippen molar-refractivity contribution in [3.05, 3.63) is 44.0 Å². The van der Waals surface area contributed by atoms with Crippen molar-refractivity contribution in [1.82, 2.24) is 9.78 Å². The van der Waals surface area contributed by atoms with Crippen LogP contribution in [-0.2, 0) is 7.05 Å². The molecule has 2 aromatic rings. The van der Waals surface area contributed by atoms with Crippen molar-refractivity contribution >= 4 is 33.2 Å². The predicted octanol–water partition coefficient (Wildman–Crippen LogP) is 3.54. The third-order valence-corrected chi connectivity index (χ3v) is 2.88. The minimum atomic E-state index is -0.561. The van der Waals surface area contributed by atoms with Crippen LogP contribution in [-0.4, -0.2) is 14.7 Å². The van der Waals surface area contributed by atoms with Crippen LogP contribution in [0.2, 0.25) is 5.02 Å². The van der Waals surface area contributed by atoms with Crippen molar-refractivity contribution in [1.29, 1.82) is 0 Å². The van der Waals surface area contributed by atoms with Crippen LogP contribution in [0.3, 0.4) is 0 Å². The van der Waals surface area contributed by atoms with Gasteiger partial charge in [0.25, 0.3) is 0 Å². The van der Waals surface area contributed by atoms with Crippen molar-refractivity contribution < 1.29 is 9.66 Å². The highest BCUT2D eigenvalue weighted by Gasteiger charge is 2.21. The molecule has 1 heterocycles. The zero-order valence-electron chi connectivity index (χ0n) is 9.13. The summed E-state index contributed by atoms with van der Waals surface area (Å²) in [6.45, 7) is 0. The van der Waals surface area contributed by atoms with Gasteiger partial charge in [0.05, 0.1) is 9.95 Å². The molecule has 0 amide bonds. The lowest BCUT2D eigenvalue weighted by Crippen LogP contribution is -1.92. The molecule has 1 aromatic carbocycles. The van der Waals surface area contributed by atoms with E-state index in [-0.39, 0.29) is 11.6 Å². The number of nitro groups is 1. The molecule has 1 aromatic heterocycles. The largest absolute Gasteiger partial charge is 0.431 e. The van der Waals surface area contributed by atoms with E-state index in [9.17, 15) is 10.1 Å². The summed E-state index contributed by atoms with van der Waals surface area (Å²) in [5, 5.41) is 15.0. The fourth-order valence-corrected chi connectivity index (χ4v) is 1.81. The van der Waals surface area contributed by atoms with Gasteiger partial charge in [-0.15, -0.1) is 5.10 Å². The van der Waals surface area contributed by atoms with E-state index in [1.54, 1.807) is 25.2 Å². The summed E-state index contributed by atoms with van der Waals surface area (Å²) >= 11 is 9.20. The Morgan fingerprint density at radius 3 is 2.94 bits per heavy atom. The van der Waals surface area contributed by atoms with Crippen LogP contribution in [0, 0.1) is 10.1 Å². The number of ether oxygens (including phenoxy) is 1. The summed E-state index contributed by atoms with van der Waals surface area (Å²) in [7, 11) is 1.57. The lowest BCUT2D eigenvalue weighted by Gasteiger charge is -2.04. The van der Waals surface area contributed by atoms with Gasteiger partial charge in [0.1, 0.15) is 11.9 Å². The number of rotatable bonds is 3. The first-order valence-electron chi connectivity index (χ1n) is 4.78. The molecule has 0 fully saturated rings. The number of nitrogens with zero attached hydrogens (tertiary/aromatic N) is 3. The molecule has 0 spiro atoms. The number of aryl methyl sites for hydroxylation is 1. The average molecular weight is 333 g/mol. The molecule has 0 aliphatic carbocycles. The molecule has 0 saturated heterocycles. The van der Waals surface area contributed by atoms with Crippen LogP contribution in [0.5, 0.6) is 11.6 Å². The van der Waals surface area contributed by atoms with Gasteiger partial charge in [0.15, 0.2) is 0 Å². The smallest absolute Gasteiger partial charge is 0.350 e. The standard InChI is InChI=1S/C10H7BrClN3O3/c1-14-5-8(15(16)17)10(13-14)18-9-4-6(11)2-3-7(9)12/h2-5H,1H3. The third kappa shape index (κ3) is 2.62. The van der Waals surface area contributed by atoms with E-state index < -0.39 is 4.92 Å². The number of hydrogen-bond acceptors (Lipinski definition) is 4. The number of halogens is 2.